The van der Waals surface area contributed by atoms with Gasteiger partial charge in [-0.2, -0.15) is 0 Å². The summed E-state index contributed by atoms with van der Waals surface area (Å²) in [6, 6.07) is 24.9. The van der Waals surface area contributed by atoms with E-state index in [0.29, 0.717) is 11.3 Å². The van der Waals surface area contributed by atoms with Crippen LogP contribution < -0.4 is 5.32 Å². The number of non-ortho nitro benzene ring substituents is 1. The first-order valence-electron chi connectivity index (χ1n) is 13.4. The monoisotopic (exact) mass is 575 g/mol. The van der Waals surface area contributed by atoms with Crippen molar-refractivity contribution in [1.29, 1.82) is 0 Å². The summed E-state index contributed by atoms with van der Waals surface area (Å²) in [7, 11) is 0. The fourth-order valence-electron chi connectivity index (χ4n) is 6.94. The second-order valence-electron chi connectivity index (χ2n) is 10.6. The summed E-state index contributed by atoms with van der Waals surface area (Å²) in [6.45, 7) is 0. The minimum absolute atomic E-state index is 0.0703. The molecule has 4 aromatic rings. The van der Waals surface area contributed by atoms with Crippen molar-refractivity contribution in [3.05, 3.63) is 146 Å². The van der Waals surface area contributed by atoms with Crippen LogP contribution in [0.1, 0.15) is 43.4 Å². The van der Waals surface area contributed by atoms with Crippen LogP contribution >= 0.6 is 11.6 Å². The van der Waals surface area contributed by atoms with Crippen molar-refractivity contribution < 1.29 is 19.3 Å². The molecule has 0 aromatic heterocycles. The minimum atomic E-state index is -1.52. The summed E-state index contributed by atoms with van der Waals surface area (Å²) in [4.78, 5) is 56.6. The molecule has 4 unspecified atom stereocenters. The molecule has 1 N–H and O–H groups in total. The number of hydrogen-bond donors (Lipinski definition) is 1. The number of rotatable bonds is 5. The molecule has 1 saturated heterocycles. The zero-order chi connectivity index (χ0) is 29.2. The molecule has 206 valence electrons. The summed E-state index contributed by atoms with van der Waals surface area (Å²) >= 11 is 6.55. The highest BCUT2D eigenvalue weighted by atomic mass is 35.5. The molecular weight excluding hydrogens is 554 g/mol. The zero-order valence-corrected chi connectivity index (χ0v) is 22.7. The number of nitro benzene ring substituents is 1. The third-order valence-electron chi connectivity index (χ3n) is 8.60. The van der Waals surface area contributed by atoms with Crippen LogP contribution in [0.25, 0.3) is 6.08 Å². The number of para-hydroxylation sites is 1. The first-order valence-corrected chi connectivity index (χ1v) is 13.7. The molecule has 9 heteroatoms. The van der Waals surface area contributed by atoms with Gasteiger partial charge in [-0.1, -0.05) is 78.3 Å². The van der Waals surface area contributed by atoms with E-state index in [2.05, 4.69) is 5.32 Å². The smallest absolute Gasteiger partial charge is 0.270 e. The Kier molecular flexibility index (Phi) is 5.85. The first kappa shape index (κ1) is 25.9. The van der Waals surface area contributed by atoms with Gasteiger partial charge in [0.15, 0.2) is 11.6 Å². The number of benzene rings is 4. The van der Waals surface area contributed by atoms with Crippen molar-refractivity contribution in [2.45, 2.75) is 17.5 Å². The van der Waals surface area contributed by atoms with Crippen molar-refractivity contribution >= 4 is 46.5 Å². The van der Waals surface area contributed by atoms with Gasteiger partial charge in [-0.25, -0.2) is 0 Å². The molecule has 3 aliphatic rings. The van der Waals surface area contributed by atoms with Crippen LogP contribution in [-0.4, -0.2) is 33.3 Å². The van der Waals surface area contributed by atoms with E-state index in [0.717, 1.165) is 11.1 Å². The van der Waals surface area contributed by atoms with Crippen molar-refractivity contribution in [3.8, 4) is 0 Å². The van der Waals surface area contributed by atoms with Gasteiger partial charge in [0.05, 0.1) is 21.9 Å². The van der Waals surface area contributed by atoms with E-state index in [1.165, 1.54) is 24.3 Å². The fraction of sp³-hybridized carbons (Fsp3) is 0.121. The maximum atomic E-state index is 14.8. The number of nitrogens with one attached hydrogen (secondary N) is 1. The molecule has 0 bridgehead atoms. The summed E-state index contributed by atoms with van der Waals surface area (Å²) < 4.78 is 0. The molecule has 0 saturated carbocycles. The Balaban J connectivity index is 1.54. The number of nitrogens with zero attached hydrogens (tertiary/aromatic N) is 2. The Morgan fingerprint density at radius 1 is 0.905 bits per heavy atom. The van der Waals surface area contributed by atoms with Crippen molar-refractivity contribution in [2.24, 2.45) is 5.92 Å². The largest absolute Gasteiger partial charge is 0.358 e. The number of carbonyl (C=O) groups is 3. The highest BCUT2D eigenvalue weighted by Gasteiger charge is 2.70. The van der Waals surface area contributed by atoms with E-state index in [4.69, 9.17) is 11.6 Å². The second kappa shape index (κ2) is 9.49. The lowest BCUT2D eigenvalue weighted by Gasteiger charge is -2.38. The van der Waals surface area contributed by atoms with Gasteiger partial charge in [-0.15, -0.1) is 0 Å². The van der Waals surface area contributed by atoms with Crippen LogP contribution in [0.5, 0.6) is 0 Å². The molecule has 3 heterocycles. The number of ketones is 2. The Bertz CT molecular complexity index is 1870. The molecule has 1 fully saturated rings. The van der Waals surface area contributed by atoms with E-state index in [-0.39, 0.29) is 21.8 Å². The van der Waals surface area contributed by atoms with E-state index in [1.54, 1.807) is 47.5 Å². The van der Waals surface area contributed by atoms with E-state index < -0.39 is 45.8 Å². The molecule has 7 rings (SSSR count). The van der Waals surface area contributed by atoms with Crippen LogP contribution in [0.15, 0.2) is 103 Å². The lowest BCUT2D eigenvalue weighted by atomic mass is 9.62. The van der Waals surface area contributed by atoms with E-state index in [9.17, 15) is 24.5 Å². The SMILES string of the molecule is O=C(c1cccc([N+](=O)[O-])c1)C1C(C(=O)c2ccccc2Cl)C2(C(=O)Nc3ccccc32)C2c3ccccc3C=CN12. The average molecular weight is 576 g/mol. The van der Waals surface area contributed by atoms with Crippen molar-refractivity contribution in [2.75, 3.05) is 5.32 Å². The molecular formula is C33H22ClN3O5. The predicted molar refractivity (Wildman–Crippen MR) is 157 cm³/mol. The second-order valence-corrected chi connectivity index (χ2v) is 11.0. The quantitative estimate of drug-likeness (QED) is 0.172. The number of halogens is 1. The summed E-state index contributed by atoms with van der Waals surface area (Å²) in [5, 5.41) is 14.8. The van der Waals surface area contributed by atoms with Gasteiger partial charge >= 0.3 is 0 Å². The maximum Gasteiger partial charge on any atom is 0.270 e. The van der Waals surface area contributed by atoms with Crippen LogP contribution in [0.3, 0.4) is 0 Å². The average Bonchev–Trinajstić information content (AvgIpc) is 3.49. The predicted octanol–water partition coefficient (Wildman–Crippen LogP) is 6.23. The highest BCUT2D eigenvalue weighted by Crippen LogP contribution is 2.62. The molecule has 4 atom stereocenters. The van der Waals surface area contributed by atoms with Gasteiger partial charge in [0.1, 0.15) is 11.5 Å². The number of fused-ring (bicyclic) bond motifs is 6. The molecule has 3 aliphatic heterocycles. The van der Waals surface area contributed by atoms with Crippen LogP contribution in [0, 0.1) is 16.0 Å². The van der Waals surface area contributed by atoms with Gasteiger partial charge in [0.2, 0.25) is 5.91 Å². The normalized spacial score (nSPS) is 23.2. The van der Waals surface area contributed by atoms with Crippen LogP contribution in [0.4, 0.5) is 11.4 Å². The summed E-state index contributed by atoms with van der Waals surface area (Å²) in [6.07, 6.45) is 3.61. The fourth-order valence-corrected chi connectivity index (χ4v) is 7.17. The van der Waals surface area contributed by atoms with Gasteiger partial charge in [-0.3, -0.25) is 24.5 Å². The van der Waals surface area contributed by atoms with Crippen molar-refractivity contribution in [1.82, 2.24) is 4.90 Å². The van der Waals surface area contributed by atoms with Crippen LogP contribution in [0.2, 0.25) is 5.02 Å². The molecule has 8 nitrogen and oxygen atoms in total. The molecule has 1 spiro atoms. The number of amides is 1. The Morgan fingerprint density at radius 3 is 2.45 bits per heavy atom. The first-order chi connectivity index (χ1) is 20.3. The maximum absolute atomic E-state index is 14.8. The van der Waals surface area contributed by atoms with Gasteiger partial charge in [0.25, 0.3) is 5.69 Å². The lowest BCUT2D eigenvalue weighted by molar-refractivity contribution is -0.384. The minimum Gasteiger partial charge on any atom is -0.358 e. The zero-order valence-electron chi connectivity index (χ0n) is 21.9. The summed E-state index contributed by atoms with van der Waals surface area (Å²) in [5.41, 5.74) is 1.32. The molecule has 42 heavy (non-hydrogen) atoms. The molecule has 1 amide bonds. The standard InChI is InChI=1S/C33H22ClN3O5/c34-25-14-5-3-12-23(25)30(39)27-28(29(38)20-9-7-10-21(18-20)37(41)42)36-17-16-19-8-1-2-11-22(19)31(36)33(27)24-13-4-6-15-26(24)35-32(33)40/h1-18,27-28,31H,(H,35,40). The van der Waals surface area contributed by atoms with Gasteiger partial charge in [0, 0.05) is 35.1 Å². The topological polar surface area (TPSA) is 110 Å². The van der Waals surface area contributed by atoms with E-state index >= 15 is 0 Å². The number of carbonyl (C=O) groups excluding carboxylic acids is 3. The molecule has 0 radical (unpaired) electrons. The molecule has 4 aromatic carbocycles. The highest BCUT2D eigenvalue weighted by molar-refractivity contribution is 6.34. The molecule has 0 aliphatic carbocycles. The Hall–Kier alpha value is -5.08. The number of hydrogen-bond acceptors (Lipinski definition) is 6. The third kappa shape index (κ3) is 3.51. The Labute approximate surface area is 245 Å². The van der Waals surface area contributed by atoms with Gasteiger partial charge in [-0.05, 0) is 41.0 Å². The van der Waals surface area contributed by atoms with E-state index in [1.807, 2.05) is 42.5 Å². The summed E-state index contributed by atoms with van der Waals surface area (Å²) in [5.74, 6) is -2.60. The number of Topliss-reactive ketones (excluding diaryl/α,β-unsaturated/α-hetero) is 2. The van der Waals surface area contributed by atoms with Crippen molar-refractivity contribution in [3.63, 3.8) is 0 Å². The number of nitro groups is 1. The third-order valence-corrected chi connectivity index (χ3v) is 8.93. The Morgan fingerprint density at radius 2 is 1.64 bits per heavy atom. The van der Waals surface area contributed by atoms with Gasteiger partial charge < -0.3 is 10.2 Å². The van der Waals surface area contributed by atoms with Crippen LogP contribution in [-0.2, 0) is 10.2 Å². The lowest BCUT2D eigenvalue weighted by Crippen LogP contribution is -2.49. The number of anilines is 1.